The second-order valence-corrected chi connectivity index (χ2v) is 4.34. The van der Waals surface area contributed by atoms with Gasteiger partial charge in [-0.1, -0.05) is 19.1 Å². The van der Waals surface area contributed by atoms with Gasteiger partial charge in [0.05, 0.1) is 0 Å². The topological polar surface area (TPSA) is 53.1 Å². The van der Waals surface area contributed by atoms with Crippen molar-refractivity contribution in [2.75, 3.05) is 18.0 Å². The van der Waals surface area contributed by atoms with Gasteiger partial charge >= 0.3 is 0 Å². The molecule has 3 heteroatoms. The fourth-order valence-corrected chi connectivity index (χ4v) is 1.75. The van der Waals surface area contributed by atoms with Gasteiger partial charge < -0.3 is 10.6 Å². The van der Waals surface area contributed by atoms with E-state index in [2.05, 4.69) is 18.4 Å². The molecule has 0 saturated carbocycles. The SMILES string of the molecule is C=C(C)CN(CCC)c1ccc(C(=N)N)cc1. The first-order valence-corrected chi connectivity index (χ1v) is 5.88. The molecule has 0 radical (unpaired) electrons. The molecule has 0 heterocycles. The van der Waals surface area contributed by atoms with Crippen LogP contribution in [0.25, 0.3) is 0 Å². The molecule has 17 heavy (non-hydrogen) atoms. The first-order valence-electron chi connectivity index (χ1n) is 5.88. The van der Waals surface area contributed by atoms with Gasteiger partial charge in [-0.3, -0.25) is 5.41 Å². The van der Waals surface area contributed by atoms with Gasteiger partial charge in [0.25, 0.3) is 0 Å². The average Bonchev–Trinajstić information content (AvgIpc) is 2.28. The Labute approximate surface area is 103 Å². The summed E-state index contributed by atoms with van der Waals surface area (Å²) in [7, 11) is 0. The molecule has 0 aliphatic carbocycles. The zero-order valence-corrected chi connectivity index (χ0v) is 10.7. The van der Waals surface area contributed by atoms with E-state index in [1.165, 1.54) is 0 Å². The number of amidine groups is 1. The van der Waals surface area contributed by atoms with Crippen molar-refractivity contribution in [2.45, 2.75) is 20.3 Å². The first-order chi connectivity index (χ1) is 8.04. The summed E-state index contributed by atoms with van der Waals surface area (Å²) in [5, 5.41) is 7.36. The standard InChI is InChI=1S/C14H21N3/c1-4-9-17(10-11(2)3)13-7-5-12(6-8-13)14(15)16/h5-8H,2,4,9-10H2,1,3H3,(H3,15,16). The Kier molecular flexibility index (Phi) is 4.76. The predicted molar refractivity (Wildman–Crippen MR) is 74.8 cm³/mol. The fraction of sp³-hybridized carbons (Fsp3) is 0.357. The quantitative estimate of drug-likeness (QED) is 0.449. The van der Waals surface area contributed by atoms with Crippen LogP contribution in [0.4, 0.5) is 5.69 Å². The summed E-state index contributed by atoms with van der Waals surface area (Å²) in [4.78, 5) is 2.28. The Hall–Kier alpha value is -1.77. The van der Waals surface area contributed by atoms with Crippen molar-refractivity contribution in [1.82, 2.24) is 0 Å². The maximum Gasteiger partial charge on any atom is 0.122 e. The van der Waals surface area contributed by atoms with Crippen molar-refractivity contribution in [2.24, 2.45) is 5.73 Å². The highest BCUT2D eigenvalue weighted by Gasteiger charge is 2.06. The van der Waals surface area contributed by atoms with Crippen molar-refractivity contribution in [1.29, 1.82) is 5.41 Å². The minimum absolute atomic E-state index is 0.110. The Bertz CT molecular complexity index is 392. The molecule has 1 aromatic rings. The molecule has 0 aromatic heterocycles. The molecule has 3 nitrogen and oxygen atoms in total. The predicted octanol–water partition coefficient (Wildman–Crippen LogP) is 2.76. The molecule has 0 atom stereocenters. The van der Waals surface area contributed by atoms with Gasteiger partial charge in [0.1, 0.15) is 5.84 Å². The maximum atomic E-state index is 7.36. The van der Waals surface area contributed by atoms with Crippen molar-refractivity contribution >= 4 is 11.5 Å². The van der Waals surface area contributed by atoms with Crippen LogP contribution in [0.15, 0.2) is 36.4 Å². The fourth-order valence-electron chi connectivity index (χ4n) is 1.75. The molecule has 0 bridgehead atoms. The third-order valence-corrected chi connectivity index (χ3v) is 2.50. The minimum atomic E-state index is 0.110. The van der Waals surface area contributed by atoms with E-state index in [9.17, 15) is 0 Å². The van der Waals surface area contributed by atoms with Gasteiger partial charge in [0, 0.05) is 24.3 Å². The van der Waals surface area contributed by atoms with Gasteiger partial charge in [-0.25, -0.2) is 0 Å². The van der Waals surface area contributed by atoms with Crippen molar-refractivity contribution in [3.8, 4) is 0 Å². The van der Waals surface area contributed by atoms with E-state index in [1.807, 2.05) is 31.2 Å². The summed E-state index contributed by atoms with van der Waals surface area (Å²) in [6, 6.07) is 7.79. The van der Waals surface area contributed by atoms with E-state index in [1.54, 1.807) is 0 Å². The summed E-state index contributed by atoms with van der Waals surface area (Å²) >= 11 is 0. The molecule has 3 N–H and O–H groups in total. The lowest BCUT2D eigenvalue weighted by Crippen LogP contribution is -2.25. The van der Waals surface area contributed by atoms with E-state index < -0.39 is 0 Å². The second-order valence-electron chi connectivity index (χ2n) is 4.34. The Morgan fingerprint density at radius 1 is 1.35 bits per heavy atom. The van der Waals surface area contributed by atoms with Crippen LogP contribution in [0.5, 0.6) is 0 Å². The number of nitrogens with zero attached hydrogens (tertiary/aromatic N) is 1. The van der Waals surface area contributed by atoms with Gasteiger partial charge in [-0.05, 0) is 37.6 Å². The van der Waals surface area contributed by atoms with Crippen molar-refractivity contribution in [3.05, 3.63) is 42.0 Å². The van der Waals surface area contributed by atoms with Crippen LogP contribution in [0.1, 0.15) is 25.8 Å². The Balaban J connectivity index is 2.86. The third-order valence-electron chi connectivity index (χ3n) is 2.50. The molecule has 0 unspecified atom stereocenters. The van der Waals surface area contributed by atoms with Crippen LogP contribution in [0.3, 0.4) is 0 Å². The Morgan fingerprint density at radius 2 is 1.94 bits per heavy atom. The minimum Gasteiger partial charge on any atom is -0.384 e. The molecular weight excluding hydrogens is 210 g/mol. The molecule has 0 aliphatic rings. The number of hydrogen-bond acceptors (Lipinski definition) is 2. The number of benzene rings is 1. The summed E-state index contributed by atoms with van der Waals surface area (Å²) < 4.78 is 0. The van der Waals surface area contributed by atoms with E-state index in [0.29, 0.717) is 0 Å². The van der Waals surface area contributed by atoms with E-state index >= 15 is 0 Å². The monoisotopic (exact) mass is 231 g/mol. The van der Waals surface area contributed by atoms with Crippen LogP contribution >= 0.6 is 0 Å². The summed E-state index contributed by atoms with van der Waals surface area (Å²) in [6.07, 6.45) is 1.10. The smallest absolute Gasteiger partial charge is 0.122 e. The average molecular weight is 231 g/mol. The number of nitrogen functional groups attached to an aromatic ring is 1. The molecule has 0 fully saturated rings. The highest BCUT2D eigenvalue weighted by molar-refractivity contribution is 5.95. The molecule has 92 valence electrons. The van der Waals surface area contributed by atoms with E-state index in [4.69, 9.17) is 11.1 Å². The summed E-state index contributed by atoms with van der Waals surface area (Å²) in [6.45, 7) is 10.0. The molecule has 0 amide bonds. The highest BCUT2D eigenvalue weighted by Crippen LogP contribution is 2.16. The number of nitrogens with two attached hydrogens (primary N) is 1. The lowest BCUT2D eigenvalue weighted by molar-refractivity contribution is 0.802. The lowest BCUT2D eigenvalue weighted by Gasteiger charge is -2.24. The molecular formula is C14H21N3. The molecule has 0 aliphatic heterocycles. The van der Waals surface area contributed by atoms with E-state index in [-0.39, 0.29) is 5.84 Å². The van der Waals surface area contributed by atoms with Gasteiger partial charge in [0.15, 0.2) is 0 Å². The Morgan fingerprint density at radius 3 is 2.35 bits per heavy atom. The van der Waals surface area contributed by atoms with Gasteiger partial charge in [-0.2, -0.15) is 0 Å². The largest absolute Gasteiger partial charge is 0.384 e. The summed E-state index contributed by atoms with van der Waals surface area (Å²) in [5.41, 5.74) is 8.50. The third kappa shape index (κ3) is 3.94. The highest BCUT2D eigenvalue weighted by atomic mass is 15.1. The van der Waals surface area contributed by atoms with Crippen LogP contribution in [-0.2, 0) is 0 Å². The number of nitrogens with one attached hydrogen (secondary N) is 1. The molecule has 1 aromatic carbocycles. The van der Waals surface area contributed by atoms with Crippen LogP contribution in [-0.4, -0.2) is 18.9 Å². The number of rotatable bonds is 6. The van der Waals surface area contributed by atoms with E-state index in [0.717, 1.165) is 36.3 Å². The number of anilines is 1. The molecule has 1 rings (SSSR count). The number of hydrogen-bond donors (Lipinski definition) is 2. The van der Waals surface area contributed by atoms with Crippen molar-refractivity contribution < 1.29 is 0 Å². The van der Waals surface area contributed by atoms with Crippen LogP contribution in [0.2, 0.25) is 0 Å². The second kappa shape index (κ2) is 6.09. The summed E-state index contributed by atoms with van der Waals surface area (Å²) in [5.74, 6) is 0.110. The first kappa shape index (κ1) is 13.3. The van der Waals surface area contributed by atoms with Crippen molar-refractivity contribution in [3.63, 3.8) is 0 Å². The van der Waals surface area contributed by atoms with Gasteiger partial charge in [-0.15, -0.1) is 0 Å². The lowest BCUT2D eigenvalue weighted by atomic mass is 10.1. The zero-order valence-electron chi connectivity index (χ0n) is 10.7. The molecule has 0 saturated heterocycles. The van der Waals surface area contributed by atoms with Crippen LogP contribution < -0.4 is 10.6 Å². The zero-order chi connectivity index (χ0) is 12.8. The van der Waals surface area contributed by atoms with Gasteiger partial charge in [0.2, 0.25) is 0 Å². The molecule has 0 spiro atoms. The van der Waals surface area contributed by atoms with Crippen LogP contribution in [0, 0.1) is 5.41 Å². The maximum absolute atomic E-state index is 7.36. The normalized spacial score (nSPS) is 10.0.